The second kappa shape index (κ2) is 10.4. The molecule has 38 heavy (non-hydrogen) atoms. The van der Waals surface area contributed by atoms with Gasteiger partial charge in [0.1, 0.15) is 22.9 Å². The van der Waals surface area contributed by atoms with Gasteiger partial charge in [0.25, 0.3) is 0 Å². The average Bonchev–Trinajstić information content (AvgIpc) is 3.72. The molecular formula is C26H26F2N6O3S. The van der Waals surface area contributed by atoms with Crippen LogP contribution in [0.2, 0.25) is 0 Å². The number of nitrogens with two attached hydrogens (primary N) is 2. The topological polar surface area (TPSA) is 146 Å². The lowest BCUT2D eigenvalue weighted by Crippen LogP contribution is -2.18. The van der Waals surface area contributed by atoms with Crippen molar-refractivity contribution in [2.45, 2.75) is 19.3 Å². The fourth-order valence-electron chi connectivity index (χ4n) is 3.94. The molecule has 2 aromatic carbocycles. The summed E-state index contributed by atoms with van der Waals surface area (Å²) in [5.74, 6) is 0.444. The van der Waals surface area contributed by atoms with E-state index >= 15 is 4.39 Å². The van der Waals surface area contributed by atoms with E-state index in [2.05, 4.69) is 19.7 Å². The highest BCUT2D eigenvalue weighted by Gasteiger charge is 2.24. The summed E-state index contributed by atoms with van der Waals surface area (Å²) in [6.45, 7) is -0.317. The molecule has 0 atom stereocenters. The van der Waals surface area contributed by atoms with Gasteiger partial charge in [0, 0.05) is 22.7 Å². The fraction of sp³-hybridized carbons (Fsp3) is 0.269. The maximum absolute atomic E-state index is 15.6. The predicted octanol–water partition coefficient (Wildman–Crippen LogP) is 4.55. The van der Waals surface area contributed by atoms with Crippen molar-refractivity contribution in [2.75, 3.05) is 35.2 Å². The highest BCUT2D eigenvalue weighted by molar-refractivity contribution is 7.92. The van der Waals surface area contributed by atoms with Crippen molar-refractivity contribution in [1.29, 1.82) is 0 Å². The molecule has 0 unspecified atom stereocenters. The third-order valence-corrected chi connectivity index (χ3v) is 7.49. The van der Waals surface area contributed by atoms with E-state index in [1.807, 2.05) is 0 Å². The van der Waals surface area contributed by atoms with E-state index in [0.717, 1.165) is 12.8 Å². The number of hydrogen-bond donors (Lipinski definition) is 3. The predicted molar refractivity (Wildman–Crippen MR) is 143 cm³/mol. The SMILES string of the molecule is Nc1ccc(-c2nc(N)c3cc(-c4cccc(NS(=O)(=O)CCCF)c4F)cc(OCC4CC4)c3n2)cn1. The van der Waals surface area contributed by atoms with Crippen molar-refractivity contribution < 1.29 is 21.9 Å². The first-order valence-corrected chi connectivity index (χ1v) is 13.7. The molecule has 0 aliphatic heterocycles. The van der Waals surface area contributed by atoms with E-state index in [4.69, 9.17) is 16.2 Å². The maximum Gasteiger partial charge on any atom is 0.232 e. The molecule has 0 bridgehead atoms. The summed E-state index contributed by atoms with van der Waals surface area (Å²) < 4.78 is 60.9. The number of benzene rings is 2. The summed E-state index contributed by atoms with van der Waals surface area (Å²) >= 11 is 0. The normalized spacial score (nSPS) is 13.5. The molecule has 198 valence electrons. The van der Waals surface area contributed by atoms with Crippen LogP contribution in [0.3, 0.4) is 0 Å². The Morgan fingerprint density at radius 2 is 1.89 bits per heavy atom. The number of ether oxygens (including phenoxy) is 1. The number of aromatic nitrogens is 3. The number of nitrogens with zero attached hydrogens (tertiary/aromatic N) is 3. The highest BCUT2D eigenvalue weighted by Crippen LogP contribution is 2.38. The molecule has 5 N–H and O–H groups in total. The average molecular weight is 541 g/mol. The van der Waals surface area contributed by atoms with Crippen LogP contribution in [0.4, 0.5) is 26.1 Å². The number of nitrogens with one attached hydrogen (secondary N) is 1. The van der Waals surface area contributed by atoms with Crippen molar-refractivity contribution in [3.63, 3.8) is 0 Å². The lowest BCUT2D eigenvalue weighted by Gasteiger charge is -2.15. The number of pyridine rings is 1. The number of alkyl halides is 1. The zero-order valence-electron chi connectivity index (χ0n) is 20.3. The monoisotopic (exact) mass is 540 g/mol. The van der Waals surface area contributed by atoms with Crippen molar-refractivity contribution in [3.8, 4) is 28.3 Å². The molecule has 1 aliphatic rings. The Labute approximate surface area is 218 Å². The zero-order chi connectivity index (χ0) is 26.9. The minimum Gasteiger partial charge on any atom is -0.491 e. The van der Waals surface area contributed by atoms with Crippen LogP contribution >= 0.6 is 0 Å². The Bertz CT molecular complexity index is 1600. The Morgan fingerprint density at radius 1 is 1.08 bits per heavy atom. The highest BCUT2D eigenvalue weighted by atomic mass is 32.2. The molecule has 2 aromatic heterocycles. The van der Waals surface area contributed by atoms with Gasteiger partial charge in [-0.2, -0.15) is 0 Å². The lowest BCUT2D eigenvalue weighted by atomic mass is 10.0. The molecule has 1 fully saturated rings. The van der Waals surface area contributed by atoms with Gasteiger partial charge in [-0.15, -0.1) is 0 Å². The van der Waals surface area contributed by atoms with Gasteiger partial charge in [0.2, 0.25) is 10.0 Å². The number of nitrogen functional groups attached to an aromatic ring is 2. The molecule has 9 nitrogen and oxygen atoms in total. The second-order valence-electron chi connectivity index (χ2n) is 9.16. The number of anilines is 3. The van der Waals surface area contributed by atoms with E-state index < -0.39 is 28.3 Å². The molecule has 2 heterocycles. The van der Waals surface area contributed by atoms with Crippen LogP contribution in [-0.2, 0) is 10.0 Å². The summed E-state index contributed by atoms with van der Waals surface area (Å²) in [7, 11) is -3.92. The first kappa shape index (κ1) is 25.6. The Balaban J connectivity index is 1.59. The molecule has 12 heteroatoms. The van der Waals surface area contributed by atoms with E-state index in [9.17, 15) is 12.8 Å². The Morgan fingerprint density at radius 3 is 2.61 bits per heavy atom. The van der Waals surface area contributed by atoms with Crippen molar-refractivity contribution >= 4 is 38.2 Å². The van der Waals surface area contributed by atoms with Gasteiger partial charge in [0.15, 0.2) is 11.6 Å². The van der Waals surface area contributed by atoms with Crippen molar-refractivity contribution in [3.05, 3.63) is 54.5 Å². The molecule has 4 aromatic rings. The van der Waals surface area contributed by atoms with Crippen LogP contribution < -0.4 is 20.9 Å². The quantitative estimate of drug-likeness (QED) is 0.265. The van der Waals surface area contributed by atoms with Crippen LogP contribution in [0.15, 0.2) is 48.7 Å². The van der Waals surface area contributed by atoms with Crippen molar-refractivity contribution in [1.82, 2.24) is 15.0 Å². The first-order valence-electron chi connectivity index (χ1n) is 12.1. The Kier molecular flexibility index (Phi) is 6.98. The van der Waals surface area contributed by atoms with Crippen LogP contribution in [0, 0.1) is 11.7 Å². The largest absolute Gasteiger partial charge is 0.491 e. The van der Waals surface area contributed by atoms with Crippen LogP contribution in [0.1, 0.15) is 19.3 Å². The third kappa shape index (κ3) is 5.59. The van der Waals surface area contributed by atoms with E-state index in [-0.39, 0.29) is 23.5 Å². The van der Waals surface area contributed by atoms with Crippen LogP contribution in [-0.4, -0.2) is 42.4 Å². The summed E-state index contributed by atoms with van der Waals surface area (Å²) in [5, 5.41) is 0.453. The standard InChI is InChI=1S/C26H26F2N6O3S/c27-9-2-10-38(35,36)34-20-4-1-3-18(23(20)28)17-11-19-24(21(12-17)37-14-15-5-6-15)32-26(33-25(19)30)16-7-8-22(29)31-13-16/h1,3-4,7-8,11-13,15,34H,2,5-6,9-10,14H2,(H2,29,31)(H2,30,32,33). The first-order chi connectivity index (χ1) is 18.2. The van der Waals surface area contributed by atoms with Crippen LogP contribution in [0.25, 0.3) is 33.4 Å². The molecule has 0 radical (unpaired) electrons. The lowest BCUT2D eigenvalue weighted by molar-refractivity contribution is 0.303. The van der Waals surface area contributed by atoms with Gasteiger partial charge < -0.3 is 16.2 Å². The summed E-state index contributed by atoms with van der Waals surface area (Å²) in [5.41, 5.74) is 13.4. The molecule has 0 saturated heterocycles. The molecule has 1 saturated carbocycles. The second-order valence-corrected chi connectivity index (χ2v) is 11.0. The fourth-order valence-corrected chi connectivity index (χ4v) is 5.03. The number of rotatable bonds is 10. The van der Waals surface area contributed by atoms with Gasteiger partial charge in [-0.25, -0.2) is 27.8 Å². The number of fused-ring (bicyclic) bond motifs is 1. The molecule has 0 amide bonds. The summed E-state index contributed by atoms with van der Waals surface area (Å²) in [6.07, 6.45) is 3.49. The summed E-state index contributed by atoms with van der Waals surface area (Å²) in [4.78, 5) is 13.2. The molecule has 1 aliphatic carbocycles. The van der Waals surface area contributed by atoms with E-state index in [1.165, 1.54) is 18.2 Å². The zero-order valence-corrected chi connectivity index (χ0v) is 21.1. The van der Waals surface area contributed by atoms with Gasteiger partial charge in [0.05, 0.1) is 24.7 Å². The molecule has 0 spiro atoms. The minimum absolute atomic E-state index is 0.125. The molecular weight excluding hydrogens is 514 g/mol. The number of halogens is 2. The van der Waals surface area contributed by atoms with E-state index in [0.29, 0.717) is 51.9 Å². The minimum atomic E-state index is -3.92. The third-order valence-electron chi connectivity index (χ3n) is 6.13. The van der Waals surface area contributed by atoms with Gasteiger partial charge in [-0.3, -0.25) is 9.11 Å². The van der Waals surface area contributed by atoms with Crippen LogP contribution in [0.5, 0.6) is 5.75 Å². The smallest absolute Gasteiger partial charge is 0.232 e. The number of hydrogen-bond acceptors (Lipinski definition) is 8. The van der Waals surface area contributed by atoms with Crippen molar-refractivity contribution in [2.24, 2.45) is 5.92 Å². The Hall–Kier alpha value is -4.06. The number of sulfonamides is 1. The van der Waals surface area contributed by atoms with Gasteiger partial charge >= 0.3 is 0 Å². The van der Waals surface area contributed by atoms with Gasteiger partial charge in [-0.05, 0) is 61.1 Å². The maximum atomic E-state index is 15.6. The van der Waals surface area contributed by atoms with E-state index in [1.54, 1.807) is 30.5 Å². The van der Waals surface area contributed by atoms with Gasteiger partial charge in [-0.1, -0.05) is 12.1 Å². The molecule has 5 rings (SSSR count). The summed E-state index contributed by atoms with van der Waals surface area (Å²) in [6, 6.07) is 11.0.